The van der Waals surface area contributed by atoms with Crippen molar-refractivity contribution in [2.45, 2.75) is 72.3 Å². The number of hydrogen-bond donors (Lipinski definition) is 0. The predicted molar refractivity (Wildman–Crippen MR) is 242 cm³/mol. The molecule has 5 aromatic carbocycles. The maximum absolute atomic E-state index is 4.25. The van der Waals surface area contributed by atoms with Crippen molar-refractivity contribution >= 4 is 57.4 Å². The van der Waals surface area contributed by atoms with Crippen molar-refractivity contribution in [1.29, 1.82) is 0 Å². The minimum atomic E-state index is 0.233. The van der Waals surface area contributed by atoms with E-state index in [9.17, 15) is 0 Å². The third-order valence-electron chi connectivity index (χ3n) is 11.6. The Balaban J connectivity index is 0.00000104. The highest BCUT2D eigenvalue weighted by Crippen LogP contribution is 2.51. The molecule has 2 heteroatoms. The Hall–Kier alpha value is -5.86. The number of fused-ring (bicyclic) bond motifs is 10. The summed E-state index contributed by atoms with van der Waals surface area (Å²) < 4.78 is 2.35. The molecule has 1 aliphatic heterocycles. The summed E-state index contributed by atoms with van der Waals surface area (Å²) in [6.07, 6.45) is 27.3. The first-order chi connectivity index (χ1) is 27.1. The van der Waals surface area contributed by atoms with Crippen LogP contribution in [-0.2, 0) is 6.42 Å². The van der Waals surface area contributed by atoms with E-state index in [1.807, 2.05) is 33.8 Å². The first-order valence-corrected chi connectivity index (χ1v) is 20.4. The number of allylic oxidation sites excluding steroid dienone is 5. The Kier molecular flexibility index (Phi) is 9.93. The van der Waals surface area contributed by atoms with Crippen molar-refractivity contribution in [3.05, 3.63) is 173 Å². The van der Waals surface area contributed by atoms with Gasteiger partial charge in [-0.3, -0.25) is 0 Å². The standard InChI is InChI=1S/C49H40N2.2C2H6/c1-4-13-45-36(5-2)43-28-32(21-26-47(43)50(45)34-14-7-6-8-15-34)33-22-27-48-44(29-33)39-17-11-12-19-46(39)51(48)35-23-25-38-41-24-20-31(3)49(41)40-18-10-9-16-37(40)42(38)30-35;2*1-2/h4-9,11-17,19-31,39,46H,2,10,18H2,1,3H3;2*1-2H3/b13-4-;;. The highest BCUT2D eigenvalue weighted by atomic mass is 15.2. The molecule has 1 aromatic heterocycles. The molecule has 0 saturated carbocycles. The van der Waals surface area contributed by atoms with Gasteiger partial charge in [-0.1, -0.05) is 138 Å². The molecule has 3 atom stereocenters. The van der Waals surface area contributed by atoms with Crippen LogP contribution in [0.25, 0.3) is 62.8 Å². The van der Waals surface area contributed by atoms with E-state index in [-0.39, 0.29) is 12.0 Å². The van der Waals surface area contributed by atoms with Gasteiger partial charge in [0, 0.05) is 39.8 Å². The van der Waals surface area contributed by atoms with Gasteiger partial charge in [0.15, 0.2) is 0 Å². The summed E-state index contributed by atoms with van der Waals surface area (Å²) in [4.78, 5) is 2.58. The van der Waals surface area contributed by atoms with Crippen LogP contribution in [0.4, 0.5) is 11.4 Å². The zero-order chi connectivity index (χ0) is 38.2. The smallest absolute Gasteiger partial charge is 0.0629 e. The third kappa shape index (κ3) is 5.78. The van der Waals surface area contributed by atoms with Gasteiger partial charge in [-0.2, -0.15) is 0 Å². The van der Waals surface area contributed by atoms with E-state index in [4.69, 9.17) is 0 Å². The van der Waals surface area contributed by atoms with Gasteiger partial charge < -0.3 is 9.47 Å². The lowest BCUT2D eigenvalue weighted by atomic mass is 9.83. The maximum Gasteiger partial charge on any atom is 0.0629 e. The quantitative estimate of drug-likeness (QED) is 0.172. The highest BCUT2D eigenvalue weighted by Gasteiger charge is 2.38. The van der Waals surface area contributed by atoms with Crippen LogP contribution in [0.3, 0.4) is 0 Å². The Morgan fingerprint density at radius 2 is 1.51 bits per heavy atom. The van der Waals surface area contributed by atoms with Crippen molar-refractivity contribution in [1.82, 2.24) is 4.57 Å². The average Bonchev–Trinajstić information content (AvgIpc) is 3.91. The molecule has 4 aliphatic rings. The van der Waals surface area contributed by atoms with Gasteiger partial charge in [-0.15, -0.1) is 0 Å². The molecule has 0 saturated heterocycles. The monoisotopic (exact) mass is 716 g/mol. The fourth-order valence-electron chi connectivity index (χ4n) is 9.41. The van der Waals surface area contributed by atoms with Crippen LogP contribution in [0.5, 0.6) is 0 Å². The van der Waals surface area contributed by atoms with Crippen molar-refractivity contribution < 1.29 is 0 Å². The first-order valence-electron chi connectivity index (χ1n) is 20.4. The lowest BCUT2D eigenvalue weighted by Gasteiger charge is -2.29. The second-order valence-corrected chi connectivity index (χ2v) is 14.4. The molecule has 2 heterocycles. The molecule has 0 spiro atoms. The molecule has 55 heavy (non-hydrogen) atoms. The van der Waals surface area contributed by atoms with Crippen molar-refractivity contribution in [2.75, 3.05) is 4.90 Å². The summed E-state index contributed by atoms with van der Waals surface area (Å²) in [5.74, 6) is 0.762. The average molecular weight is 717 g/mol. The molecule has 3 unspecified atom stereocenters. The minimum Gasteiger partial charge on any atom is -0.333 e. The van der Waals surface area contributed by atoms with Crippen LogP contribution in [-0.4, -0.2) is 10.6 Å². The lowest BCUT2D eigenvalue weighted by molar-refractivity contribution is 0.745. The fraction of sp³-hybridized carbons (Fsp3) is 0.208. The Morgan fingerprint density at radius 3 is 2.31 bits per heavy atom. The molecule has 10 rings (SSSR count). The van der Waals surface area contributed by atoms with Gasteiger partial charge in [0.1, 0.15) is 0 Å². The second kappa shape index (κ2) is 15.1. The molecule has 274 valence electrons. The molecule has 2 nitrogen and oxygen atoms in total. The SMILES string of the molecule is C=Cc1c(/C=C\C)n(-c2ccccc2)c2ccc(-c3ccc4c(c3)C3C=CC=CC3N4c3ccc4c5c(c6c(c4c3)C=CCC6)C(C)C=C5)cc12.CC.CC. The van der Waals surface area contributed by atoms with Gasteiger partial charge >= 0.3 is 0 Å². The van der Waals surface area contributed by atoms with Crippen LogP contribution in [0.15, 0.2) is 134 Å². The molecule has 0 radical (unpaired) electrons. The molecular weight excluding hydrogens is 665 g/mol. The highest BCUT2D eigenvalue weighted by molar-refractivity contribution is 6.03. The number of rotatable bonds is 5. The van der Waals surface area contributed by atoms with Gasteiger partial charge in [-0.05, 0) is 124 Å². The largest absolute Gasteiger partial charge is 0.333 e. The molecular formula is C53H52N2. The van der Waals surface area contributed by atoms with Crippen LogP contribution in [0.1, 0.15) is 98.9 Å². The molecule has 0 amide bonds. The topological polar surface area (TPSA) is 8.17 Å². The van der Waals surface area contributed by atoms with Gasteiger partial charge in [0.25, 0.3) is 0 Å². The maximum atomic E-state index is 4.25. The van der Waals surface area contributed by atoms with Crippen LogP contribution >= 0.6 is 0 Å². The van der Waals surface area contributed by atoms with E-state index in [1.54, 1.807) is 11.1 Å². The van der Waals surface area contributed by atoms with Crippen molar-refractivity contribution in [2.24, 2.45) is 0 Å². The number of benzene rings is 5. The third-order valence-corrected chi connectivity index (χ3v) is 11.6. The number of aromatic nitrogens is 1. The van der Waals surface area contributed by atoms with E-state index in [2.05, 4.69) is 176 Å². The van der Waals surface area contributed by atoms with Crippen molar-refractivity contribution in [3.8, 4) is 16.8 Å². The Morgan fingerprint density at radius 1 is 0.727 bits per heavy atom. The Bertz CT molecular complexity index is 2590. The summed E-state index contributed by atoms with van der Waals surface area (Å²) >= 11 is 0. The predicted octanol–water partition coefficient (Wildman–Crippen LogP) is 15.0. The van der Waals surface area contributed by atoms with Crippen LogP contribution in [0, 0.1) is 0 Å². The molecule has 6 aromatic rings. The van der Waals surface area contributed by atoms with E-state index in [1.165, 1.54) is 60.9 Å². The van der Waals surface area contributed by atoms with Crippen molar-refractivity contribution in [3.63, 3.8) is 0 Å². The van der Waals surface area contributed by atoms with E-state index >= 15 is 0 Å². The van der Waals surface area contributed by atoms with E-state index < -0.39 is 0 Å². The minimum absolute atomic E-state index is 0.233. The van der Waals surface area contributed by atoms with E-state index in [0.29, 0.717) is 5.92 Å². The fourth-order valence-corrected chi connectivity index (χ4v) is 9.41. The van der Waals surface area contributed by atoms with Gasteiger partial charge in [0.05, 0.1) is 17.3 Å². The molecule has 3 aliphatic carbocycles. The first kappa shape index (κ1) is 36.1. The number of nitrogens with zero attached hydrogens (tertiary/aromatic N) is 2. The zero-order valence-corrected chi connectivity index (χ0v) is 33.2. The summed E-state index contributed by atoms with van der Waals surface area (Å²) in [6.45, 7) is 16.7. The molecule has 0 N–H and O–H groups in total. The summed E-state index contributed by atoms with van der Waals surface area (Å²) in [5.41, 5.74) is 17.0. The summed E-state index contributed by atoms with van der Waals surface area (Å²) in [5, 5.41) is 3.96. The number of anilines is 2. The zero-order valence-electron chi connectivity index (χ0n) is 33.2. The molecule has 0 fully saturated rings. The van der Waals surface area contributed by atoms with Crippen LogP contribution < -0.4 is 4.90 Å². The summed E-state index contributed by atoms with van der Waals surface area (Å²) in [6, 6.07) is 32.1. The number of para-hydroxylation sites is 1. The van der Waals surface area contributed by atoms with Gasteiger partial charge in [-0.25, -0.2) is 0 Å². The van der Waals surface area contributed by atoms with Crippen LogP contribution in [0.2, 0.25) is 0 Å². The number of hydrogen-bond acceptors (Lipinski definition) is 1. The molecule has 0 bridgehead atoms. The van der Waals surface area contributed by atoms with E-state index in [0.717, 1.165) is 29.8 Å². The summed E-state index contributed by atoms with van der Waals surface area (Å²) in [7, 11) is 0. The normalized spacial score (nSPS) is 18.4. The Labute approximate surface area is 327 Å². The lowest BCUT2D eigenvalue weighted by Crippen LogP contribution is -2.28. The second-order valence-electron chi connectivity index (χ2n) is 14.4. The van der Waals surface area contributed by atoms with Gasteiger partial charge in [0.2, 0.25) is 0 Å².